The van der Waals surface area contributed by atoms with Crippen molar-refractivity contribution in [2.24, 2.45) is 0 Å². The van der Waals surface area contributed by atoms with Crippen LogP contribution in [0.1, 0.15) is 10.6 Å². The van der Waals surface area contributed by atoms with E-state index in [9.17, 15) is 4.79 Å². The van der Waals surface area contributed by atoms with Gasteiger partial charge in [0.25, 0.3) is 0 Å². The van der Waals surface area contributed by atoms with E-state index in [0.717, 1.165) is 32.3 Å². The molecule has 4 aromatic rings. The molecule has 3 aromatic carbocycles. The van der Waals surface area contributed by atoms with Gasteiger partial charge in [-0.15, -0.1) is 11.3 Å². The van der Waals surface area contributed by atoms with Gasteiger partial charge in [-0.2, -0.15) is 0 Å². The Morgan fingerprint density at radius 2 is 1.58 bits per heavy atom. The molecular weight excluding hydrogens is 481 g/mol. The molecule has 0 bridgehead atoms. The maximum Gasteiger partial charge on any atom is 0.341 e. The van der Waals surface area contributed by atoms with Crippen LogP contribution in [-0.2, 0) is 11.4 Å². The van der Waals surface area contributed by atoms with Gasteiger partial charge >= 0.3 is 5.97 Å². The highest BCUT2D eigenvalue weighted by Gasteiger charge is 2.16. The summed E-state index contributed by atoms with van der Waals surface area (Å²) in [5.74, 6) is 0.131. The van der Waals surface area contributed by atoms with Gasteiger partial charge in [0.15, 0.2) is 6.61 Å². The number of aromatic nitrogens is 1. The molecule has 0 fully saturated rings. The summed E-state index contributed by atoms with van der Waals surface area (Å²) in [6.45, 7) is 1.74. The molecule has 0 aliphatic rings. The van der Waals surface area contributed by atoms with Crippen molar-refractivity contribution in [2.45, 2.75) is 13.5 Å². The number of hydrogen-bond acceptors (Lipinski definition) is 5. The van der Waals surface area contributed by atoms with Gasteiger partial charge in [-0.1, -0.05) is 47.5 Å². The van der Waals surface area contributed by atoms with E-state index in [0.29, 0.717) is 21.5 Å². The molecule has 0 saturated heterocycles. The highest BCUT2D eigenvalue weighted by Crippen LogP contribution is 2.38. The Balaban J connectivity index is 1.57. The van der Waals surface area contributed by atoms with E-state index in [2.05, 4.69) is 0 Å². The van der Waals surface area contributed by atoms with Crippen LogP contribution in [0, 0.1) is 6.92 Å². The first-order chi connectivity index (χ1) is 15.9. The highest BCUT2D eigenvalue weighted by atomic mass is 35.5. The molecule has 0 aliphatic heterocycles. The van der Waals surface area contributed by atoms with E-state index >= 15 is 0 Å². The number of carboxylic acid groups (broad SMARTS) is 1. The number of carboxylic acids is 1. The van der Waals surface area contributed by atoms with E-state index in [4.69, 9.17) is 42.8 Å². The van der Waals surface area contributed by atoms with Gasteiger partial charge in [0.2, 0.25) is 0 Å². The lowest BCUT2D eigenvalue weighted by Gasteiger charge is -2.09. The van der Waals surface area contributed by atoms with Crippen LogP contribution in [0.25, 0.3) is 21.7 Å². The highest BCUT2D eigenvalue weighted by molar-refractivity contribution is 7.15. The zero-order valence-electron chi connectivity index (χ0n) is 17.5. The summed E-state index contributed by atoms with van der Waals surface area (Å²) in [5, 5.41) is 10.9. The van der Waals surface area contributed by atoms with Gasteiger partial charge in [-0.05, 0) is 60.5 Å². The van der Waals surface area contributed by atoms with Crippen molar-refractivity contribution in [1.82, 2.24) is 4.98 Å². The van der Waals surface area contributed by atoms with Crippen molar-refractivity contribution in [3.8, 4) is 33.2 Å². The Labute approximate surface area is 205 Å². The average Bonchev–Trinajstić information content (AvgIpc) is 3.22. The van der Waals surface area contributed by atoms with E-state index < -0.39 is 5.97 Å². The van der Waals surface area contributed by atoms with Crippen molar-refractivity contribution in [3.05, 3.63) is 87.3 Å². The number of hydrogen-bond donors (Lipinski definition) is 1. The van der Waals surface area contributed by atoms with E-state index in [-0.39, 0.29) is 13.2 Å². The fraction of sp³-hybridized carbons (Fsp3) is 0.120. The molecule has 33 heavy (non-hydrogen) atoms. The second-order valence-electron chi connectivity index (χ2n) is 7.20. The second kappa shape index (κ2) is 10.3. The molecule has 1 heterocycles. The zero-order chi connectivity index (χ0) is 23.4. The van der Waals surface area contributed by atoms with E-state index in [1.54, 1.807) is 23.5 Å². The van der Waals surface area contributed by atoms with Crippen molar-refractivity contribution in [1.29, 1.82) is 0 Å². The van der Waals surface area contributed by atoms with Gasteiger partial charge in [0.1, 0.15) is 23.1 Å². The maximum atomic E-state index is 10.7. The van der Waals surface area contributed by atoms with Crippen LogP contribution >= 0.6 is 34.5 Å². The third-order valence-electron chi connectivity index (χ3n) is 4.76. The fourth-order valence-electron chi connectivity index (χ4n) is 3.18. The number of aryl methyl sites for hydroxylation is 1. The molecular formula is C25H19Cl2NO4S. The van der Waals surface area contributed by atoms with Crippen molar-refractivity contribution in [2.75, 3.05) is 6.61 Å². The van der Waals surface area contributed by atoms with Crippen LogP contribution in [0.2, 0.25) is 10.0 Å². The van der Waals surface area contributed by atoms with Crippen molar-refractivity contribution < 1.29 is 19.4 Å². The van der Waals surface area contributed by atoms with Crippen LogP contribution in [0.3, 0.4) is 0 Å². The van der Waals surface area contributed by atoms with Crippen molar-refractivity contribution in [3.63, 3.8) is 0 Å². The van der Waals surface area contributed by atoms with Gasteiger partial charge in [0, 0.05) is 15.6 Å². The first-order valence-electron chi connectivity index (χ1n) is 9.98. The lowest BCUT2D eigenvalue weighted by molar-refractivity contribution is -0.139. The Morgan fingerprint density at radius 1 is 0.939 bits per heavy atom. The lowest BCUT2D eigenvalue weighted by Crippen LogP contribution is -2.10. The first kappa shape index (κ1) is 23.1. The summed E-state index contributed by atoms with van der Waals surface area (Å²) in [7, 11) is 0. The molecule has 1 aromatic heterocycles. The molecule has 0 amide bonds. The SMILES string of the molecule is Cc1cc(OCc2nc(-c3ccc(Cl)cc3)c(-c3ccc(Cl)cc3)s2)ccc1OCC(=O)O. The molecule has 0 aliphatic carbocycles. The summed E-state index contributed by atoms with van der Waals surface area (Å²) >= 11 is 13.7. The molecule has 0 atom stereocenters. The number of carbonyl (C=O) groups is 1. The molecule has 0 radical (unpaired) electrons. The average molecular weight is 500 g/mol. The number of benzene rings is 3. The predicted molar refractivity (Wildman–Crippen MR) is 132 cm³/mol. The van der Waals surface area contributed by atoms with Gasteiger partial charge in [0.05, 0.1) is 10.6 Å². The third-order valence-corrected chi connectivity index (χ3v) is 6.34. The van der Waals surface area contributed by atoms with E-state index in [1.807, 2.05) is 61.5 Å². The quantitative estimate of drug-likeness (QED) is 0.279. The van der Waals surface area contributed by atoms with E-state index in [1.165, 1.54) is 0 Å². The molecule has 0 unspecified atom stereocenters. The standard InChI is InChI=1S/C25H19Cl2NO4S/c1-15-12-20(10-11-21(15)32-14-23(29)30)31-13-22-28-24(16-2-6-18(26)7-3-16)25(33-22)17-4-8-19(27)9-5-17/h2-12H,13-14H2,1H3,(H,29,30). The number of aliphatic carboxylic acids is 1. The monoisotopic (exact) mass is 499 g/mol. The summed E-state index contributed by atoms with van der Waals surface area (Å²) in [6, 6.07) is 20.5. The Kier molecular flexibility index (Phi) is 7.18. The number of ether oxygens (including phenoxy) is 2. The van der Waals surface area contributed by atoms with Crippen LogP contribution in [0.15, 0.2) is 66.7 Å². The van der Waals surface area contributed by atoms with Gasteiger partial charge in [-0.25, -0.2) is 9.78 Å². The summed E-state index contributed by atoms with van der Waals surface area (Å²) in [5.41, 5.74) is 3.62. The smallest absolute Gasteiger partial charge is 0.341 e. The molecule has 0 spiro atoms. The molecule has 168 valence electrons. The number of halogens is 2. The minimum Gasteiger partial charge on any atom is -0.486 e. The minimum absolute atomic E-state index is 0.285. The predicted octanol–water partition coefficient (Wildman–Crippen LogP) is 7.13. The first-order valence-corrected chi connectivity index (χ1v) is 11.6. The molecule has 5 nitrogen and oxygen atoms in total. The number of thiazole rings is 1. The lowest BCUT2D eigenvalue weighted by atomic mass is 10.1. The molecule has 0 saturated carbocycles. The third kappa shape index (κ3) is 5.85. The Morgan fingerprint density at radius 3 is 2.18 bits per heavy atom. The summed E-state index contributed by atoms with van der Waals surface area (Å²) in [6.07, 6.45) is 0. The minimum atomic E-state index is -1.02. The molecule has 8 heteroatoms. The maximum absolute atomic E-state index is 10.7. The van der Waals surface area contributed by atoms with Gasteiger partial charge in [-0.3, -0.25) is 0 Å². The summed E-state index contributed by atoms with van der Waals surface area (Å²) in [4.78, 5) is 16.6. The van der Waals surface area contributed by atoms with Crippen LogP contribution < -0.4 is 9.47 Å². The second-order valence-corrected chi connectivity index (χ2v) is 9.15. The summed E-state index contributed by atoms with van der Waals surface area (Å²) < 4.78 is 11.2. The van der Waals surface area contributed by atoms with Crippen LogP contribution in [0.5, 0.6) is 11.5 Å². The van der Waals surface area contributed by atoms with Crippen LogP contribution in [0.4, 0.5) is 0 Å². The fourth-order valence-corrected chi connectivity index (χ4v) is 4.44. The molecule has 1 N–H and O–H groups in total. The topological polar surface area (TPSA) is 68.7 Å². The largest absolute Gasteiger partial charge is 0.486 e. The van der Waals surface area contributed by atoms with Crippen molar-refractivity contribution >= 4 is 40.5 Å². The Bertz CT molecular complexity index is 1210. The number of rotatable bonds is 8. The zero-order valence-corrected chi connectivity index (χ0v) is 19.9. The van der Waals surface area contributed by atoms with Crippen LogP contribution in [-0.4, -0.2) is 22.7 Å². The molecule has 4 rings (SSSR count). The normalized spacial score (nSPS) is 10.8. The van der Waals surface area contributed by atoms with Gasteiger partial charge < -0.3 is 14.6 Å². The number of nitrogens with zero attached hydrogens (tertiary/aromatic N) is 1. The Hall–Kier alpha value is -3.06.